The zero-order valence-corrected chi connectivity index (χ0v) is 19.4. The highest BCUT2D eigenvalue weighted by Crippen LogP contribution is 2.44. The molecule has 1 aliphatic heterocycles. The Morgan fingerprint density at radius 3 is 1.77 bits per heavy atom. The van der Waals surface area contributed by atoms with Crippen molar-refractivity contribution in [2.45, 2.75) is 6.10 Å². The van der Waals surface area contributed by atoms with Crippen LogP contribution in [0.5, 0.6) is 5.75 Å². The van der Waals surface area contributed by atoms with Crippen LogP contribution in [-0.2, 0) is 0 Å². The van der Waals surface area contributed by atoms with Crippen molar-refractivity contribution in [3.8, 4) is 5.75 Å². The Hall–Kier alpha value is -4.02. The molecular weight excluding hydrogens is 460 g/mol. The Morgan fingerprint density at radius 2 is 1.20 bits per heavy atom. The number of carbonyl (C=O) groups is 3. The van der Waals surface area contributed by atoms with E-state index >= 15 is 0 Å². The van der Waals surface area contributed by atoms with Crippen LogP contribution in [0.3, 0.4) is 0 Å². The average molecular weight is 481 g/mol. The van der Waals surface area contributed by atoms with Gasteiger partial charge in [-0.1, -0.05) is 96.5 Å². The Labute approximate surface area is 208 Å². The van der Waals surface area contributed by atoms with E-state index in [1.165, 1.54) is 0 Å². The van der Waals surface area contributed by atoms with E-state index in [2.05, 4.69) is 0 Å². The number of carbonyl (C=O) groups excluding carboxylic acids is 3. The number of fused-ring (bicyclic) bond motifs is 1. The standard InChI is InChI=1S/C30H21ClO4/c31-22-17-15-21(16-18-22)30-26(29(34)23-13-7-8-14-24(23)35-30)25(27(32)19-9-3-1-4-10-19)28(33)20-11-5-2-6-12-20/h1-18,25-26,30H. The van der Waals surface area contributed by atoms with E-state index < -0.39 is 29.5 Å². The molecule has 0 aliphatic carbocycles. The Balaban J connectivity index is 1.69. The number of hydrogen-bond donors (Lipinski definition) is 0. The largest absolute Gasteiger partial charge is 0.484 e. The number of benzene rings is 4. The van der Waals surface area contributed by atoms with Crippen molar-refractivity contribution in [1.82, 2.24) is 0 Å². The lowest BCUT2D eigenvalue weighted by Gasteiger charge is -2.36. The quantitative estimate of drug-likeness (QED) is 0.229. The fourth-order valence-corrected chi connectivity index (χ4v) is 4.69. The predicted molar refractivity (Wildman–Crippen MR) is 134 cm³/mol. The molecule has 0 bridgehead atoms. The molecule has 35 heavy (non-hydrogen) atoms. The summed E-state index contributed by atoms with van der Waals surface area (Å²) in [7, 11) is 0. The van der Waals surface area contributed by atoms with Crippen LogP contribution in [0.25, 0.3) is 0 Å². The average Bonchev–Trinajstić information content (AvgIpc) is 2.91. The Morgan fingerprint density at radius 1 is 0.686 bits per heavy atom. The van der Waals surface area contributed by atoms with Gasteiger partial charge in [-0.25, -0.2) is 0 Å². The molecule has 0 saturated carbocycles. The van der Waals surface area contributed by atoms with E-state index in [4.69, 9.17) is 16.3 Å². The van der Waals surface area contributed by atoms with Gasteiger partial charge in [-0.05, 0) is 29.8 Å². The molecule has 0 amide bonds. The Bertz CT molecular complexity index is 1330. The lowest BCUT2D eigenvalue weighted by Crippen LogP contribution is -2.43. The van der Waals surface area contributed by atoms with E-state index in [1.54, 1.807) is 109 Å². The van der Waals surface area contributed by atoms with Gasteiger partial charge in [0.1, 0.15) is 11.9 Å². The SMILES string of the molecule is O=C(c1ccccc1)C(C(=O)c1ccccc1)C1C(=O)c2ccccc2OC1c1ccc(Cl)cc1. The number of halogens is 1. The van der Waals surface area contributed by atoms with Gasteiger partial charge >= 0.3 is 0 Å². The molecule has 4 aromatic carbocycles. The van der Waals surface area contributed by atoms with Gasteiger partial charge in [0.15, 0.2) is 17.3 Å². The first kappa shape index (κ1) is 22.8. The second-order valence-electron chi connectivity index (χ2n) is 8.41. The zero-order chi connectivity index (χ0) is 24.4. The highest BCUT2D eigenvalue weighted by molar-refractivity contribution is 6.30. The maximum atomic E-state index is 14.0. The summed E-state index contributed by atoms with van der Waals surface area (Å²) in [5, 5.41) is 0.533. The van der Waals surface area contributed by atoms with Gasteiger partial charge in [-0.2, -0.15) is 0 Å². The highest BCUT2D eigenvalue weighted by atomic mass is 35.5. The minimum atomic E-state index is -1.28. The van der Waals surface area contributed by atoms with Crippen LogP contribution in [-0.4, -0.2) is 17.3 Å². The van der Waals surface area contributed by atoms with E-state index in [1.807, 2.05) is 0 Å². The number of Topliss-reactive ketones (excluding diaryl/α,β-unsaturated/α-hetero) is 3. The van der Waals surface area contributed by atoms with Gasteiger partial charge in [0, 0.05) is 16.1 Å². The van der Waals surface area contributed by atoms with E-state index in [9.17, 15) is 14.4 Å². The van der Waals surface area contributed by atoms with Crippen LogP contribution in [0.2, 0.25) is 5.02 Å². The number of hydrogen-bond acceptors (Lipinski definition) is 4. The van der Waals surface area contributed by atoms with E-state index in [-0.39, 0.29) is 5.78 Å². The van der Waals surface area contributed by atoms with Gasteiger partial charge in [0.05, 0.1) is 17.4 Å². The van der Waals surface area contributed by atoms with Crippen LogP contribution < -0.4 is 4.74 Å². The zero-order valence-electron chi connectivity index (χ0n) is 18.6. The molecular formula is C30H21ClO4. The minimum absolute atomic E-state index is 0.301. The summed E-state index contributed by atoms with van der Waals surface area (Å²) in [4.78, 5) is 41.8. The van der Waals surface area contributed by atoms with Crippen LogP contribution in [0.1, 0.15) is 42.7 Å². The van der Waals surface area contributed by atoms with Gasteiger partial charge < -0.3 is 4.74 Å². The lowest BCUT2D eigenvalue weighted by molar-refractivity contribution is 0.0428. The minimum Gasteiger partial charge on any atom is -0.484 e. The smallest absolute Gasteiger partial charge is 0.174 e. The maximum absolute atomic E-state index is 14.0. The summed E-state index contributed by atoms with van der Waals surface area (Å²) < 4.78 is 6.33. The lowest BCUT2D eigenvalue weighted by atomic mass is 9.71. The molecule has 0 aromatic heterocycles. The summed E-state index contributed by atoms with van der Waals surface area (Å²) in [6.45, 7) is 0. The van der Waals surface area contributed by atoms with Crippen molar-refractivity contribution in [2.75, 3.05) is 0 Å². The van der Waals surface area contributed by atoms with Gasteiger partial charge in [-0.3, -0.25) is 14.4 Å². The fraction of sp³-hybridized carbons (Fsp3) is 0.100. The summed E-state index contributed by atoms with van der Waals surface area (Å²) in [6, 6.07) is 31.0. The molecule has 2 unspecified atom stereocenters. The topological polar surface area (TPSA) is 60.4 Å². The molecule has 0 spiro atoms. The number of rotatable bonds is 6. The van der Waals surface area contributed by atoms with Crippen LogP contribution >= 0.6 is 11.6 Å². The Kier molecular flexibility index (Phi) is 6.30. The molecule has 0 radical (unpaired) electrons. The van der Waals surface area contributed by atoms with Crippen molar-refractivity contribution < 1.29 is 19.1 Å². The van der Waals surface area contributed by atoms with Crippen molar-refractivity contribution in [1.29, 1.82) is 0 Å². The molecule has 4 aromatic rings. The molecule has 2 atom stereocenters. The third-order valence-corrected chi connectivity index (χ3v) is 6.53. The summed E-state index contributed by atoms with van der Waals surface area (Å²) in [5.41, 5.74) is 1.75. The van der Waals surface area contributed by atoms with Gasteiger partial charge in [-0.15, -0.1) is 0 Å². The molecule has 1 heterocycles. The van der Waals surface area contributed by atoms with E-state index in [0.717, 1.165) is 0 Å². The van der Waals surface area contributed by atoms with Crippen LogP contribution in [0.4, 0.5) is 0 Å². The first-order valence-electron chi connectivity index (χ1n) is 11.3. The van der Waals surface area contributed by atoms with Crippen molar-refractivity contribution in [3.63, 3.8) is 0 Å². The first-order valence-corrected chi connectivity index (χ1v) is 11.7. The number of para-hydroxylation sites is 1. The van der Waals surface area contributed by atoms with Gasteiger partial charge in [0.2, 0.25) is 0 Å². The molecule has 1 aliphatic rings. The third kappa shape index (κ3) is 4.41. The second-order valence-corrected chi connectivity index (χ2v) is 8.85. The molecule has 172 valence electrons. The summed E-state index contributed by atoms with van der Waals surface area (Å²) in [5.74, 6) is -3.05. The summed E-state index contributed by atoms with van der Waals surface area (Å²) >= 11 is 6.10. The van der Waals surface area contributed by atoms with E-state index in [0.29, 0.717) is 33.0 Å². The maximum Gasteiger partial charge on any atom is 0.174 e. The molecule has 5 rings (SSSR count). The number of ketones is 3. The predicted octanol–water partition coefficient (Wildman–Crippen LogP) is 6.65. The molecule has 0 fully saturated rings. The highest BCUT2D eigenvalue weighted by Gasteiger charge is 2.48. The summed E-state index contributed by atoms with van der Waals surface area (Å²) in [6.07, 6.45) is -0.847. The number of ether oxygens (including phenoxy) is 1. The molecule has 4 nitrogen and oxygen atoms in total. The van der Waals surface area contributed by atoms with Crippen molar-refractivity contribution in [2.24, 2.45) is 11.8 Å². The van der Waals surface area contributed by atoms with Crippen LogP contribution in [0, 0.1) is 11.8 Å². The third-order valence-electron chi connectivity index (χ3n) is 6.27. The molecule has 0 saturated heterocycles. The monoisotopic (exact) mass is 480 g/mol. The molecule has 0 N–H and O–H groups in total. The van der Waals surface area contributed by atoms with Crippen molar-refractivity contribution in [3.05, 3.63) is 136 Å². The molecule has 5 heteroatoms. The second kappa shape index (κ2) is 9.69. The van der Waals surface area contributed by atoms with Gasteiger partial charge in [0.25, 0.3) is 0 Å². The normalized spacial score (nSPS) is 16.9. The van der Waals surface area contributed by atoms with Crippen molar-refractivity contribution >= 4 is 29.0 Å². The first-order chi connectivity index (χ1) is 17.0. The fourth-order valence-electron chi connectivity index (χ4n) is 4.56. The van der Waals surface area contributed by atoms with Crippen LogP contribution in [0.15, 0.2) is 109 Å².